The normalized spacial score (nSPS) is 10.3. The zero-order valence-electron chi connectivity index (χ0n) is 16.1. The molecule has 3 rings (SSSR count). The van der Waals surface area contributed by atoms with Crippen LogP contribution in [0.25, 0.3) is 11.3 Å². The minimum absolute atomic E-state index is 0.115. The first-order valence-electron chi connectivity index (χ1n) is 8.80. The molecule has 0 aliphatic heterocycles. The molecule has 0 amide bonds. The minimum atomic E-state index is -0.633. The van der Waals surface area contributed by atoms with Gasteiger partial charge in [-0.05, 0) is 43.5 Å². The standard InChI is InChI=1S/C21H16ClN3O4S/c1-3-28-17-10-12(18-14(11-23)19(26)25-21(24-18)30-2)8-9-16(17)29-20(27)13-6-4-5-7-15(13)22/h4-10H,3H2,1-2H3,(H,24,25,26). The number of aromatic amines is 1. The van der Waals surface area contributed by atoms with Gasteiger partial charge in [-0.1, -0.05) is 35.5 Å². The summed E-state index contributed by atoms with van der Waals surface area (Å²) in [5.41, 5.74) is 0.276. The molecular formula is C21H16ClN3O4S. The molecule has 3 aromatic rings. The van der Waals surface area contributed by atoms with Crippen LogP contribution in [0.3, 0.4) is 0 Å². The Morgan fingerprint density at radius 2 is 2.03 bits per heavy atom. The van der Waals surface area contributed by atoms with Gasteiger partial charge in [0, 0.05) is 5.56 Å². The van der Waals surface area contributed by atoms with Crippen molar-refractivity contribution in [1.82, 2.24) is 9.97 Å². The molecule has 152 valence electrons. The number of benzene rings is 2. The topological polar surface area (TPSA) is 105 Å². The van der Waals surface area contributed by atoms with Crippen molar-refractivity contribution in [3.05, 3.63) is 69.0 Å². The van der Waals surface area contributed by atoms with E-state index in [2.05, 4.69) is 9.97 Å². The SMILES string of the molecule is CCOc1cc(-c2nc(SC)[nH]c(=O)c2C#N)ccc1OC(=O)c1ccccc1Cl. The predicted molar refractivity (Wildman–Crippen MR) is 114 cm³/mol. The summed E-state index contributed by atoms with van der Waals surface area (Å²) in [6.07, 6.45) is 1.76. The van der Waals surface area contributed by atoms with E-state index >= 15 is 0 Å². The van der Waals surface area contributed by atoms with Gasteiger partial charge in [0.05, 0.1) is 22.9 Å². The van der Waals surface area contributed by atoms with Gasteiger partial charge in [-0.15, -0.1) is 0 Å². The number of aromatic nitrogens is 2. The van der Waals surface area contributed by atoms with Crippen LogP contribution in [0.5, 0.6) is 11.5 Å². The molecule has 0 fully saturated rings. The van der Waals surface area contributed by atoms with Gasteiger partial charge < -0.3 is 14.5 Å². The van der Waals surface area contributed by atoms with E-state index in [1.165, 1.54) is 17.8 Å². The van der Waals surface area contributed by atoms with E-state index in [0.29, 0.717) is 17.3 Å². The summed E-state index contributed by atoms with van der Waals surface area (Å²) in [5.74, 6) is -0.183. The Bertz CT molecular complexity index is 1200. The fraction of sp³-hybridized carbons (Fsp3) is 0.143. The highest BCUT2D eigenvalue weighted by Gasteiger charge is 2.19. The average molecular weight is 442 g/mol. The molecule has 0 unspecified atom stereocenters. The highest BCUT2D eigenvalue weighted by atomic mass is 35.5. The van der Waals surface area contributed by atoms with Crippen LogP contribution in [0, 0.1) is 11.3 Å². The molecule has 0 aliphatic rings. The number of halogens is 1. The third-order valence-corrected chi connectivity index (χ3v) is 4.93. The number of esters is 1. The second-order valence-corrected chi connectivity index (χ2v) is 7.08. The Balaban J connectivity index is 2.04. The lowest BCUT2D eigenvalue weighted by molar-refractivity contribution is 0.0728. The van der Waals surface area contributed by atoms with Gasteiger partial charge in [0.1, 0.15) is 11.6 Å². The molecule has 1 N–H and O–H groups in total. The summed E-state index contributed by atoms with van der Waals surface area (Å²) in [6.45, 7) is 2.09. The van der Waals surface area contributed by atoms with Crippen LogP contribution in [-0.2, 0) is 0 Å². The predicted octanol–water partition coefficient (Wildman–Crippen LogP) is 4.30. The fourth-order valence-electron chi connectivity index (χ4n) is 2.65. The van der Waals surface area contributed by atoms with Gasteiger partial charge in [-0.3, -0.25) is 4.79 Å². The maximum Gasteiger partial charge on any atom is 0.345 e. The molecule has 0 aliphatic carbocycles. The molecule has 0 saturated heterocycles. The highest BCUT2D eigenvalue weighted by Crippen LogP contribution is 2.34. The van der Waals surface area contributed by atoms with Crippen molar-refractivity contribution in [1.29, 1.82) is 5.26 Å². The van der Waals surface area contributed by atoms with E-state index in [1.807, 2.05) is 6.07 Å². The summed E-state index contributed by atoms with van der Waals surface area (Å²) < 4.78 is 11.1. The molecule has 0 spiro atoms. The van der Waals surface area contributed by atoms with Crippen molar-refractivity contribution in [3.63, 3.8) is 0 Å². The van der Waals surface area contributed by atoms with Crippen molar-refractivity contribution < 1.29 is 14.3 Å². The Hall–Kier alpha value is -3.28. The van der Waals surface area contributed by atoms with E-state index in [-0.39, 0.29) is 33.3 Å². The number of carbonyl (C=O) groups excluding carboxylic acids is 1. The van der Waals surface area contributed by atoms with E-state index in [9.17, 15) is 14.9 Å². The highest BCUT2D eigenvalue weighted by molar-refractivity contribution is 7.98. The first-order chi connectivity index (χ1) is 14.5. The average Bonchev–Trinajstić information content (AvgIpc) is 2.74. The van der Waals surface area contributed by atoms with Crippen LogP contribution in [-0.4, -0.2) is 28.8 Å². The van der Waals surface area contributed by atoms with E-state index in [0.717, 1.165) is 0 Å². The van der Waals surface area contributed by atoms with Crippen LogP contribution in [0.4, 0.5) is 0 Å². The summed E-state index contributed by atoms with van der Waals surface area (Å²) in [7, 11) is 0. The molecule has 0 saturated carbocycles. The summed E-state index contributed by atoms with van der Waals surface area (Å²) in [6, 6.07) is 13.1. The monoisotopic (exact) mass is 441 g/mol. The number of hydrogen-bond acceptors (Lipinski definition) is 7. The van der Waals surface area contributed by atoms with Gasteiger partial charge in [-0.2, -0.15) is 5.26 Å². The number of thioether (sulfide) groups is 1. The lowest BCUT2D eigenvalue weighted by Gasteiger charge is -2.13. The molecule has 0 radical (unpaired) electrons. The Morgan fingerprint density at radius 1 is 1.27 bits per heavy atom. The van der Waals surface area contributed by atoms with Crippen molar-refractivity contribution >= 4 is 29.3 Å². The molecule has 0 bridgehead atoms. The number of nitrogens with one attached hydrogen (secondary N) is 1. The van der Waals surface area contributed by atoms with Gasteiger partial charge in [0.2, 0.25) is 0 Å². The molecule has 9 heteroatoms. The largest absolute Gasteiger partial charge is 0.490 e. The fourth-order valence-corrected chi connectivity index (χ4v) is 3.24. The van der Waals surface area contributed by atoms with Crippen molar-refractivity contribution in [2.75, 3.05) is 12.9 Å². The zero-order valence-corrected chi connectivity index (χ0v) is 17.6. The zero-order chi connectivity index (χ0) is 21.7. The molecule has 7 nitrogen and oxygen atoms in total. The Morgan fingerprint density at radius 3 is 2.70 bits per heavy atom. The van der Waals surface area contributed by atoms with Crippen molar-refractivity contribution in [3.8, 4) is 28.8 Å². The quantitative estimate of drug-likeness (QED) is 0.263. The summed E-state index contributed by atoms with van der Waals surface area (Å²) in [4.78, 5) is 31.6. The molecule has 30 heavy (non-hydrogen) atoms. The third-order valence-electron chi connectivity index (χ3n) is 4.02. The van der Waals surface area contributed by atoms with E-state index in [1.54, 1.807) is 49.6 Å². The first kappa shape index (κ1) is 21.4. The van der Waals surface area contributed by atoms with Crippen LogP contribution in [0.15, 0.2) is 52.4 Å². The molecular weight excluding hydrogens is 426 g/mol. The number of H-pyrrole nitrogens is 1. The lowest BCUT2D eigenvalue weighted by atomic mass is 10.1. The maximum atomic E-state index is 12.5. The second-order valence-electron chi connectivity index (χ2n) is 5.87. The summed E-state index contributed by atoms with van der Waals surface area (Å²) in [5, 5.41) is 10.0. The van der Waals surface area contributed by atoms with Crippen LogP contribution in [0.1, 0.15) is 22.8 Å². The molecule has 2 aromatic carbocycles. The van der Waals surface area contributed by atoms with Crippen molar-refractivity contribution in [2.24, 2.45) is 0 Å². The Labute approximate surface area is 181 Å². The van der Waals surface area contributed by atoms with Crippen LogP contribution < -0.4 is 15.0 Å². The summed E-state index contributed by atoms with van der Waals surface area (Å²) >= 11 is 7.31. The van der Waals surface area contributed by atoms with E-state index < -0.39 is 11.5 Å². The van der Waals surface area contributed by atoms with Crippen LogP contribution >= 0.6 is 23.4 Å². The van der Waals surface area contributed by atoms with Gasteiger partial charge in [0.15, 0.2) is 16.7 Å². The van der Waals surface area contributed by atoms with E-state index in [4.69, 9.17) is 21.1 Å². The smallest absolute Gasteiger partial charge is 0.345 e. The minimum Gasteiger partial charge on any atom is -0.490 e. The number of nitrogens with zero attached hydrogens (tertiary/aromatic N) is 2. The number of nitriles is 1. The van der Waals surface area contributed by atoms with Gasteiger partial charge >= 0.3 is 5.97 Å². The third kappa shape index (κ3) is 4.48. The van der Waals surface area contributed by atoms with Gasteiger partial charge in [0.25, 0.3) is 5.56 Å². The maximum absolute atomic E-state index is 12.5. The molecule has 0 atom stereocenters. The second kappa shape index (κ2) is 9.48. The lowest BCUT2D eigenvalue weighted by Crippen LogP contribution is -2.14. The number of ether oxygens (including phenoxy) is 2. The van der Waals surface area contributed by atoms with Gasteiger partial charge in [-0.25, -0.2) is 9.78 Å². The molecule has 1 heterocycles. The van der Waals surface area contributed by atoms with Crippen molar-refractivity contribution in [2.45, 2.75) is 12.1 Å². The number of hydrogen-bond donors (Lipinski definition) is 1. The number of carbonyl (C=O) groups is 1. The molecule has 1 aromatic heterocycles. The van der Waals surface area contributed by atoms with Crippen LogP contribution in [0.2, 0.25) is 5.02 Å². The number of rotatable bonds is 6. The first-order valence-corrected chi connectivity index (χ1v) is 10.4. The Kier molecular flexibility index (Phi) is 6.77.